The summed E-state index contributed by atoms with van der Waals surface area (Å²) in [6.07, 6.45) is 4.11. The van der Waals surface area contributed by atoms with Gasteiger partial charge in [0.15, 0.2) is 9.84 Å². The van der Waals surface area contributed by atoms with E-state index in [2.05, 4.69) is 10.3 Å². The van der Waals surface area contributed by atoms with Gasteiger partial charge in [-0.25, -0.2) is 12.8 Å². The van der Waals surface area contributed by atoms with E-state index in [9.17, 15) is 17.6 Å². The molecule has 4 aromatic rings. The van der Waals surface area contributed by atoms with E-state index in [1.165, 1.54) is 12.1 Å². The predicted octanol–water partition coefficient (Wildman–Crippen LogP) is 4.06. The first-order valence-electron chi connectivity index (χ1n) is 10.6. The van der Waals surface area contributed by atoms with Crippen molar-refractivity contribution in [2.24, 2.45) is 0 Å². The number of hydrogen-bond donors (Lipinski definition) is 1. The van der Waals surface area contributed by atoms with E-state index < -0.39 is 9.84 Å². The molecule has 1 atom stereocenters. The molecule has 0 spiro atoms. The molecular weight excluding hydrogens is 441 g/mol. The standard InChI is InChI=1S/C25H22FN3O3S/c1-16-8-10-27-23(12-16)22-14-29(20-5-3-18(26)4-6-20)24-13-17(2-7-21(22)24)25(30)28-19-9-11-33(31,32)15-19/h2-8,10,12-14,19H,9,11,15H2,1H3,(H,28,30). The van der Waals surface area contributed by atoms with Gasteiger partial charge >= 0.3 is 0 Å². The Bertz CT molecular complexity index is 1480. The second-order valence-electron chi connectivity index (χ2n) is 8.41. The molecule has 0 bridgehead atoms. The van der Waals surface area contributed by atoms with E-state index >= 15 is 0 Å². The highest BCUT2D eigenvalue weighted by molar-refractivity contribution is 7.91. The molecule has 1 unspecified atom stereocenters. The van der Waals surface area contributed by atoms with Gasteiger partial charge in [0, 0.05) is 40.6 Å². The summed E-state index contributed by atoms with van der Waals surface area (Å²) in [5, 5.41) is 3.74. The number of carbonyl (C=O) groups is 1. The van der Waals surface area contributed by atoms with Gasteiger partial charge in [-0.3, -0.25) is 9.78 Å². The first-order valence-corrected chi connectivity index (χ1v) is 12.5. The minimum absolute atomic E-state index is 0.0316. The summed E-state index contributed by atoms with van der Waals surface area (Å²) in [4.78, 5) is 17.4. The van der Waals surface area contributed by atoms with Crippen molar-refractivity contribution in [1.29, 1.82) is 0 Å². The minimum atomic E-state index is -3.09. The molecule has 0 saturated carbocycles. The average Bonchev–Trinajstić information content (AvgIpc) is 3.33. The van der Waals surface area contributed by atoms with Crippen molar-refractivity contribution in [3.05, 3.63) is 83.9 Å². The third-order valence-electron chi connectivity index (χ3n) is 5.93. The van der Waals surface area contributed by atoms with Gasteiger partial charge in [-0.05, 0) is 67.4 Å². The number of carbonyl (C=O) groups excluding carboxylic acids is 1. The highest BCUT2D eigenvalue weighted by atomic mass is 32.2. The monoisotopic (exact) mass is 463 g/mol. The molecule has 1 aliphatic heterocycles. The maximum atomic E-state index is 13.5. The topological polar surface area (TPSA) is 81.1 Å². The molecule has 1 aliphatic rings. The van der Waals surface area contributed by atoms with E-state index in [0.717, 1.165) is 33.4 Å². The van der Waals surface area contributed by atoms with Gasteiger partial charge in [-0.1, -0.05) is 6.07 Å². The van der Waals surface area contributed by atoms with Crippen LogP contribution in [0.2, 0.25) is 0 Å². The summed E-state index contributed by atoms with van der Waals surface area (Å²) in [6, 6.07) is 15.1. The first-order chi connectivity index (χ1) is 15.8. The molecule has 8 heteroatoms. The Balaban J connectivity index is 1.59. The molecule has 2 aromatic heterocycles. The molecule has 6 nitrogen and oxygen atoms in total. The quantitative estimate of drug-likeness (QED) is 0.495. The van der Waals surface area contributed by atoms with Crippen molar-refractivity contribution in [2.45, 2.75) is 19.4 Å². The zero-order valence-electron chi connectivity index (χ0n) is 18.0. The largest absolute Gasteiger partial charge is 0.348 e. The number of rotatable bonds is 4. The van der Waals surface area contributed by atoms with Crippen molar-refractivity contribution in [3.63, 3.8) is 0 Å². The van der Waals surface area contributed by atoms with E-state index in [0.29, 0.717) is 12.0 Å². The lowest BCUT2D eigenvalue weighted by molar-refractivity contribution is 0.0941. The molecule has 33 heavy (non-hydrogen) atoms. The lowest BCUT2D eigenvalue weighted by Gasteiger charge is -2.12. The fourth-order valence-electron chi connectivity index (χ4n) is 4.25. The average molecular weight is 464 g/mol. The Morgan fingerprint density at radius 1 is 1.12 bits per heavy atom. The van der Waals surface area contributed by atoms with E-state index in [4.69, 9.17) is 0 Å². The van der Waals surface area contributed by atoms with Crippen LogP contribution in [0.4, 0.5) is 4.39 Å². The normalized spacial score (nSPS) is 17.3. The molecular formula is C25H22FN3O3S. The van der Waals surface area contributed by atoms with Crippen molar-refractivity contribution in [2.75, 3.05) is 11.5 Å². The maximum absolute atomic E-state index is 13.5. The Kier molecular flexibility index (Phi) is 5.25. The number of nitrogens with one attached hydrogen (secondary N) is 1. The summed E-state index contributed by atoms with van der Waals surface area (Å²) in [5.41, 5.74) is 4.72. The van der Waals surface area contributed by atoms with Crippen molar-refractivity contribution in [1.82, 2.24) is 14.9 Å². The number of aromatic nitrogens is 2. The van der Waals surface area contributed by atoms with E-state index in [1.54, 1.807) is 30.5 Å². The lowest BCUT2D eigenvalue weighted by atomic mass is 10.1. The van der Waals surface area contributed by atoms with Crippen LogP contribution in [-0.4, -0.2) is 41.4 Å². The van der Waals surface area contributed by atoms with Gasteiger partial charge in [0.05, 0.1) is 22.7 Å². The fraction of sp³-hybridized carbons (Fsp3) is 0.200. The fourth-order valence-corrected chi connectivity index (χ4v) is 5.92. The van der Waals surface area contributed by atoms with Gasteiger partial charge in [0.1, 0.15) is 5.82 Å². The molecule has 0 radical (unpaired) electrons. The second kappa shape index (κ2) is 8.12. The molecule has 168 valence electrons. The smallest absolute Gasteiger partial charge is 0.251 e. The highest BCUT2D eigenvalue weighted by Crippen LogP contribution is 2.33. The predicted molar refractivity (Wildman–Crippen MR) is 126 cm³/mol. The number of fused-ring (bicyclic) bond motifs is 1. The van der Waals surface area contributed by atoms with Gasteiger partial charge in [0.25, 0.3) is 5.91 Å². The second-order valence-corrected chi connectivity index (χ2v) is 10.6. The first kappa shape index (κ1) is 21.3. The van der Waals surface area contributed by atoms with Crippen LogP contribution in [0.1, 0.15) is 22.3 Å². The van der Waals surface area contributed by atoms with Crippen LogP contribution < -0.4 is 5.32 Å². The Morgan fingerprint density at radius 2 is 1.91 bits per heavy atom. The zero-order chi connectivity index (χ0) is 23.2. The third-order valence-corrected chi connectivity index (χ3v) is 7.70. The van der Waals surface area contributed by atoms with Crippen LogP contribution in [0, 0.1) is 12.7 Å². The van der Waals surface area contributed by atoms with Crippen LogP contribution in [0.15, 0.2) is 67.0 Å². The molecule has 5 rings (SSSR count). The molecule has 2 aromatic carbocycles. The van der Waals surface area contributed by atoms with Gasteiger partial charge in [-0.2, -0.15) is 0 Å². The van der Waals surface area contributed by atoms with Gasteiger partial charge < -0.3 is 9.88 Å². The van der Waals surface area contributed by atoms with Crippen molar-refractivity contribution < 1.29 is 17.6 Å². The molecule has 1 amide bonds. The van der Waals surface area contributed by atoms with Crippen LogP contribution in [0.3, 0.4) is 0 Å². The summed E-state index contributed by atoms with van der Waals surface area (Å²) >= 11 is 0. The molecule has 3 heterocycles. The Morgan fingerprint density at radius 3 is 2.61 bits per heavy atom. The maximum Gasteiger partial charge on any atom is 0.251 e. The number of nitrogens with zero attached hydrogens (tertiary/aromatic N) is 2. The Hall–Kier alpha value is -3.52. The van der Waals surface area contributed by atoms with Crippen molar-refractivity contribution >= 4 is 26.6 Å². The van der Waals surface area contributed by atoms with Crippen LogP contribution in [0.5, 0.6) is 0 Å². The highest BCUT2D eigenvalue weighted by Gasteiger charge is 2.29. The number of benzene rings is 2. The zero-order valence-corrected chi connectivity index (χ0v) is 18.8. The SMILES string of the molecule is Cc1ccnc(-c2cn(-c3ccc(F)cc3)c3cc(C(=O)NC4CCS(=O)(=O)C4)ccc23)c1. The number of sulfone groups is 1. The number of pyridine rings is 1. The number of halogens is 1. The van der Waals surface area contributed by atoms with Gasteiger partial charge in [0.2, 0.25) is 0 Å². The van der Waals surface area contributed by atoms with Crippen LogP contribution in [0.25, 0.3) is 27.8 Å². The lowest BCUT2D eigenvalue weighted by Crippen LogP contribution is -2.35. The molecule has 1 fully saturated rings. The Labute approximate surface area is 191 Å². The molecule has 0 aliphatic carbocycles. The van der Waals surface area contributed by atoms with Crippen LogP contribution in [-0.2, 0) is 9.84 Å². The molecule has 1 N–H and O–H groups in total. The van der Waals surface area contributed by atoms with Crippen molar-refractivity contribution in [3.8, 4) is 16.9 Å². The summed E-state index contributed by atoms with van der Waals surface area (Å²) < 4.78 is 38.9. The van der Waals surface area contributed by atoms with Gasteiger partial charge in [-0.15, -0.1) is 0 Å². The summed E-state index contributed by atoms with van der Waals surface area (Å²) in [6.45, 7) is 2.00. The number of hydrogen-bond acceptors (Lipinski definition) is 4. The third kappa shape index (κ3) is 4.26. The summed E-state index contributed by atoms with van der Waals surface area (Å²) in [7, 11) is -3.09. The van der Waals surface area contributed by atoms with Crippen LogP contribution >= 0.6 is 0 Å². The number of amides is 1. The number of aryl methyl sites for hydroxylation is 1. The van der Waals surface area contributed by atoms with E-state index in [1.807, 2.05) is 35.9 Å². The van der Waals surface area contributed by atoms with E-state index in [-0.39, 0.29) is 29.3 Å². The summed E-state index contributed by atoms with van der Waals surface area (Å²) in [5.74, 6) is -0.587. The molecule has 1 saturated heterocycles. The minimum Gasteiger partial charge on any atom is -0.348 e.